The Kier molecular flexibility index (Phi) is 4.92. The number of nitrogens with two attached hydrogens (primary N) is 1. The summed E-state index contributed by atoms with van der Waals surface area (Å²) in [4.78, 5) is 12.9. The normalized spacial score (nSPS) is 21.8. The maximum absolute atomic E-state index is 12.2. The molecule has 5 heteroatoms. The third kappa shape index (κ3) is 3.75. The number of rotatable bonds is 3. The molecule has 1 atom stereocenters. The van der Waals surface area contributed by atoms with Crippen molar-refractivity contribution in [3.8, 4) is 11.8 Å². The molecule has 3 nitrogen and oxygen atoms in total. The monoisotopic (exact) mass is 294 g/mol. The van der Waals surface area contributed by atoms with Crippen LogP contribution < -0.4 is 11.1 Å². The molecule has 2 heterocycles. The largest absolute Gasteiger partial charge is 0.350 e. The zero-order chi connectivity index (χ0) is 13.7. The van der Waals surface area contributed by atoms with Crippen molar-refractivity contribution in [2.45, 2.75) is 24.5 Å². The van der Waals surface area contributed by atoms with E-state index in [0.717, 1.165) is 12.1 Å². The molecule has 0 spiro atoms. The quantitative estimate of drug-likeness (QED) is 0.839. The molecule has 2 rings (SSSR count). The van der Waals surface area contributed by atoms with Crippen LogP contribution in [0.2, 0.25) is 0 Å². The Hall–Kier alpha value is -0.960. The van der Waals surface area contributed by atoms with Crippen molar-refractivity contribution in [3.63, 3.8) is 0 Å². The third-order valence-corrected chi connectivity index (χ3v) is 5.57. The molecule has 1 saturated heterocycles. The maximum Gasteiger partial charge on any atom is 0.262 e. The Labute approximate surface area is 122 Å². The van der Waals surface area contributed by atoms with E-state index in [2.05, 4.69) is 24.1 Å². The minimum absolute atomic E-state index is 0.0231. The van der Waals surface area contributed by atoms with E-state index in [1.54, 1.807) is 0 Å². The Morgan fingerprint density at radius 3 is 3.16 bits per heavy atom. The number of hydrogen-bond donors (Lipinski definition) is 2. The van der Waals surface area contributed by atoms with Gasteiger partial charge in [-0.15, -0.1) is 11.3 Å². The second-order valence-corrected chi connectivity index (χ2v) is 7.35. The van der Waals surface area contributed by atoms with E-state index in [1.807, 2.05) is 23.2 Å². The summed E-state index contributed by atoms with van der Waals surface area (Å²) in [5, 5.41) is 4.93. The number of thioether (sulfide) groups is 1. The summed E-state index contributed by atoms with van der Waals surface area (Å²) in [6.07, 6.45) is 2.41. The lowest BCUT2D eigenvalue weighted by atomic mass is 10.1. The van der Waals surface area contributed by atoms with Gasteiger partial charge < -0.3 is 11.1 Å². The van der Waals surface area contributed by atoms with Gasteiger partial charge in [-0.1, -0.05) is 11.8 Å². The Morgan fingerprint density at radius 2 is 2.47 bits per heavy atom. The van der Waals surface area contributed by atoms with Crippen LogP contribution in [0.15, 0.2) is 11.4 Å². The first-order valence-electron chi connectivity index (χ1n) is 6.33. The van der Waals surface area contributed by atoms with Crippen LogP contribution in [0, 0.1) is 11.8 Å². The van der Waals surface area contributed by atoms with Crippen LogP contribution in [0.1, 0.15) is 35.0 Å². The highest BCUT2D eigenvalue weighted by Gasteiger charge is 2.30. The van der Waals surface area contributed by atoms with Crippen LogP contribution in [0.5, 0.6) is 0 Å². The molecule has 1 fully saturated rings. The molecule has 102 valence electrons. The fourth-order valence-electron chi connectivity index (χ4n) is 2.05. The molecule has 1 amide bonds. The van der Waals surface area contributed by atoms with Gasteiger partial charge in [-0.3, -0.25) is 4.79 Å². The van der Waals surface area contributed by atoms with Crippen LogP contribution in [0.4, 0.5) is 0 Å². The van der Waals surface area contributed by atoms with Crippen molar-refractivity contribution < 1.29 is 4.79 Å². The summed E-state index contributed by atoms with van der Waals surface area (Å²) in [5.74, 6) is 6.90. The van der Waals surface area contributed by atoms with E-state index < -0.39 is 0 Å². The van der Waals surface area contributed by atoms with Gasteiger partial charge in [0.25, 0.3) is 5.91 Å². The fourth-order valence-corrected chi connectivity index (χ4v) is 4.06. The average Bonchev–Trinajstić information content (AvgIpc) is 3.03. The molecule has 0 radical (unpaired) electrons. The summed E-state index contributed by atoms with van der Waals surface area (Å²) >= 11 is 3.37. The summed E-state index contributed by atoms with van der Waals surface area (Å²) in [6.45, 7) is 3.25. The topological polar surface area (TPSA) is 55.1 Å². The summed E-state index contributed by atoms with van der Waals surface area (Å²) in [6, 6.07) is 1.87. The molecule has 1 unspecified atom stereocenters. The third-order valence-electron chi connectivity index (χ3n) is 3.12. The molecular formula is C14H18N2OS2. The smallest absolute Gasteiger partial charge is 0.262 e. The average molecular weight is 294 g/mol. The second-order valence-electron chi connectivity index (χ2n) is 4.75. The first-order chi connectivity index (χ1) is 9.14. The van der Waals surface area contributed by atoms with Crippen LogP contribution >= 0.6 is 23.1 Å². The van der Waals surface area contributed by atoms with Crippen molar-refractivity contribution in [1.82, 2.24) is 5.32 Å². The molecule has 3 N–H and O–H groups in total. The van der Waals surface area contributed by atoms with E-state index in [-0.39, 0.29) is 10.7 Å². The van der Waals surface area contributed by atoms with Crippen LogP contribution in [-0.4, -0.2) is 29.5 Å². The molecule has 0 aromatic carbocycles. The van der Waals surface area contributed by atoms with Gasteiger partial charge in [-0.2, -0.15) is 11.8 Å². The van der Waals surface area contributed by atoms with E-state index in [1.165, 1.54) is 29.9 Å². The molecular weight excluding hydrogens is 276 g/mol. The van der Waals surface area contributed by atoms with Crippen LogP contribution in [0.3, 0.4) is 0 Å². The minimum Gasteiger partial charge on any atom is -0.350 e. The number of carbonyl (C=O) groups is 1. The van der Waals surface area contributed by atoms with Gasteiger partial charge in [0.2, 0.25) is 0 Å². The highest BCUT2D eigenvalue weighted by molar-refractivity contribution is 8.00. The standard InChI is InChI=1S/C14H18N2OS2/c1-14(6-3-8-19-14)10-16-13(17)12-11(4-2-7-15)5-9-18-12/h5,9H,3,6-8,10,15H2,1H3,(H,16,17). The van der Waals surface area contributed by atoms with Crippen LogP contribution in [-0.2, 0) is 0 Å². The van der Waals surface area contributed by atoms with Crippen molar-refractivity contribution in [1.29, 1.82) is 0 Å². The van der Waals surface area contributed by atoms with Crippen molar-refractivity contribution in [2.75, 3.05) is 18.8 Å². The first-order valence-corrected chi connectivity index (χ1v) is 8.20. The van der Waals surface area contributed by atoms with Gasteiger partial charge in [0.05, 0.1) is 6.54 Å². The van der Waals surface area contributed by atoms with E-state index in [9.17, 15) is 4.79 Å². The zero-order valence-electron chi connectivity index (χ0n) is 11.0. The molecule has 1 aromatic heterocycles. The highest BCUT2D eigenvalue weighted by Crippen LogP contribution is 2.37. The van der Waals surface area contributed by atoms with Crippen molar-refractivity contribution >= 4 is 29.0 Å². The first kappa shape index (κ1) is 14.4. The van der Waals surface area contributed by atoms with Gasteiger partial charge in [0.15, 0.2) is 0 Å². The van der Waals surface area contributed by atoms with Gasteiger partial charge in [-0.25, -0.2) is 0 Å². The van der Waals surface area contributed by atoms with Crippen molar-refractivity contribution in [3.05, 3.63) is 21.9 Å². The minimum atomic E-state index is -0.0231. The van der Waals surface area contributed by atoms with E-state index >= 15 is 0 Å². The molecule has 1 aromatic rings. The molecule has 19 heavy (non-hydrogen) atoms. The lowest BCUT2D eigenvalue weighted by molar-refractivity contribution is 0.0954. The van der Waals surface area contributed by atoms with Crippen LogP contribution in [0.25, 0.3) is 0 Å². The molecule has 0 aliphatic carbocycles. The number of nitrogens with one attached hydrogen (secondary N) is 1. The lowest BCUT2D eigenvalue weighted by Crippen LogP contribution is -2.36. The SMILES string of the molecule is CC1(CNC(=O)c2sccc2C#CCN)CCCS1. The summed E-state index contributed by atoms with van der Waals surface area (Å²) < 4.78 is 0.190. The second kappa shape index (κ2) is 6.47. The molecule has 0 bridgehead atoms. The van der Waals surface area contributed by atoms with Crippen molar-refractivity contribution in [2.24, 2.45) is 5.73 Å². The van der Waals surface area contributed by atoms with Gasteiger partial charge >= 0.3 is 0 Å². The number of carbonyl (C=O) groups excluding carboxylic acids is 1. The lowest BCUT2D eigenvalue weighted by Gasteiger charge is -2.22. The summed E-state index contributed by atoms with van der Waals surface area (Å²) in [7, 11) is 0. The van der Waals surface area contributed by atoms with Gasteiger partial charge in [0, 0.05) is 16.9 Å². The molecule has 0 saturated carbocycles. The number of thiophene rings is 1. The highest BCUT2D eigenvalue weighted by atomic mass is 32.2. The number of amides is 1. The molecule has 1 aliphatic rings. The zero-order valence-corrected chi connectivity index (χ0v) is 12.6. The Balaban J connectivity index is 1.98. The molecule has 1 aliphatic heterocycles. The number of hydrogen-bond acceptors (Lipinski definition) is 4. The maximum atomic E-state index is 12.2. The van der Waals surface area contributed by atoms with E-state index in [4.69, 9.17) is 5.73 Å². The van der Waals surface area contributed by atoms with Gasteiger partial charge in [0.1, 0.15) is 4.88 Å². The predicted octanol–water partition coefficient (Wildman–Crippen LogP) is 2.07. The van der Waals surface area contributed by atoms with E-state index in [0.29, 0.717) is 11.4 Å². The predicted molar refractivity (Wildman–Crippen MR) is 82.7 cm³/mol. The fraction of sp³-hybridized carbons (Fsp3) is 0.500. The van der Waals surface area contributed by atoms with Gasteiger partial charge in [-0.05, 0) is 37.0 Å². The Bertz CT molecular complexity index is 507. The summed E-state index contributed by atoms with van der Waals surface area (Å²) in [5.41, 5.74) is 6.13. The Morgan fingerprint density at radius 1 is 1.63 bits per heavy atom.